The van der Waals surface area contributed by atoms with Gasteiger partial charge in [0, 0.05) is 21.0 Å². The van der Waals surface area contributed by atoms with Crippen molar-refractivity contribution in [2.45, 2.75) is 18.8 Å². The molecule has 4 heteroatoms. The van der Waals surface area contributed by atoms with E-state index in [-0.39, 0.29) is 5.41 Å². The smallest absolute Gasteiger partial charge is 0.0931 e. The molecule has 0 amide bonds. The Balaban J connectivity index is 2.40. The summed E-state index contributed by atoms with van der Waals surface area (Å²) in [6.07, 6.45) is 0.992. The van der Waals surface area contributed by atoms with Crippen molar-refractivity contribution in [2.75, 3.05) is 10.7 Å². The first kappa shape index (κ1) is 15.6. The number of hydrogen-bond donors (Lipinski definition) is 0. The lowest BCUT2D eigenvalue weighted by atomic mass is 9.79. The number of alkyl halides is 2. The van der Waals surface area contributed by atoms with Crippen LogP contribution in [0.2, 0.25) is 4.34 Å². The molecular weight excluding hydrogens is 407 g/mol. The fourth-order valence-electron chi connectivity index (χ4n) is 2.32. The van der Waals surface area contributed by atoms with E-state index in [1.807, 2.05) is 6.07 Å². The highest BCUT2D eigenvalue weighted by molar-refractivity contribution is 9.09. The number of benzene rings is 1. The first-order chi connectivity index (χ1) is 9.11. The van der Waals surface area contributed by atoms with Crippen LogP contribution in [0, 0.1) is 6.92 Å². The monoisotopic (exact) mass is 420 g/mol. The van der Waals surface area contributed by atoms with Gasteiger partial charge in [-0.2, -0.15) is 0 Å². The number of hydrogen-bond acceptors (Lipinski definition) is 1. The highest BCUT2D eigenvalue weighted by atomic mass is 79.9. The maximum absolute atomic E-state index is 6.05. The number of rotatable bonds is 5. The summed E-state index contributed by atoms with van der Waals surface area (Å²) in [6, 6.07) is 12.7. The number of halogens is 3. The third-order valence-corrected chi connectivity index (χ3v) is 6.75. The second-order valence-corrected chi connectivity index (χ2v) is 7.67. The SMILES string of the molecule is Cc1ccccc1C(CBr)(CBr)Cc1ccc(Cl)s1. The minimum atomic E-state index is 0.0690. The van der Waals surface area contributed by atoms with Crippen molar-refractivity contribution in [2.24, 2.45) is 0 Å². The van der Waals surface area contributed by atoms with Crippen molar-refractivity contribution < 1.29 is 0 Å². The Labute approximate surface area is 140 Å². The minimum absolute atomic E-state index is 0.0690. The molecule has 0 fully saturated rings. The van der Waals surface area contributed by atoms with Gasteiger partial charge in [0.25, 0.3) is 0 Å². The maximum Gasteiger partial charge on any atom is 0.0931 e. The number of aryl methyl sites for hydroxylation is 1. The van der Waals surface area contributed by atoms with Crippen LogP contribution < -0.4 is 0 Å². The predicted molar refractivity (Wildman–Crippen MR) is 93.5 cm³/mol. The molecule has 0 radical (unpaired) electrons. The lowest BCUT2D eigenvalue weighted by Gasteiger charge is -2.32. The maximum atomic E-state index is 6.05. The first-order valence-corrected chi connectivity index (χ1v) is 9.47. The van der Waals surface area contributed by atoms with E-state index in [9.17, 15) is 0 Å². The molecule has 1 heterocycles. The summed E-state index contributed by atoms with van der Waals surface area (Å²) in [4.78, 5) is 1.33. The van der Waals surface area contributed by atoms with E-state index in [2.05, 4.69) is 69.1 Å². The predicted octanol–water partition coefficient (Wildman–Crippen LogP) is 5.98. The van der Waals surface area contributed by atoms with Crippen LogP contribution in [-0.4, -0.2) is 10.7 Å². The molecular formula is C15H15Br2ClS. The fourth-order valence-corrected chi connectivity index (χ4v) is 5.48. The Bertz CT molecular complexity index is 547. The van der Waals surface area contributed by atoms with Crippen molar-refractivity contribution in [3.8, 4) is 0 Å². The second kappa shape index (κ2) is 6.75. The molecule has 19 heavy (non-hydrogen) atoms. The normalized spacial score (nSPS) is 11.8. The summed E-state index contributed by atoms with van der Waals surface area (Å²) >= 11 is 15.1. The summed E-state index contributed by atoms with van der Waals surface area (Å²) in [5.74, 6) is 0. The Morgan fingerprint density at radius 2 is 1.79 bits per heavy atom. The van der Waals surface area contributed by atoms with Gasteiger partial charge in [-0.1, -0.05) is 67.7 Å². The average Bonchev–Trinajstić information content (AvgIpc) is 2.82. The molecule has 0 aliphatic carbocycles. The fraction of sp³-hybridized carbons (Fsp3) is 0.333. The van der Waals surface area contributed by atoms with E-state index in [1.165, 1.54) is 16.0 Å². The van der Waals surface area contributed by atoms with Crippen molar-refractivity contribution in [1.82, 2.24) is 0 Å². The van der Waals surface area contributed by atoms with E-state index in [1.54, 1.807) is 11.3 Å². The van der Waals surface area contributed by atoms with Crippen LogP contribution in [0.1, 0.15) is 16.0 Å². The molecule has 0 aliphatic heterocycles. The van der Waals surface area contributed by atoms with Crippen molar-refractivity contribution in [1.29, 1.82) is 0 Å². The van der Waals surface area contributed by atoms with Gasteiger partial charge in [0.05, 0.1) is 4.34 Å². The van der Waals surface area contributed by atoms with Crippen LogP contribution in [0.3, 0.4) is 0 Å². The summed E-state index contributed by atoms with van der Waals surface area (Å²) in [5.41, 5.74) is 2.80. The third kappa shape index (κ3) is 3.44. The van der Waals surface area contributed by atoms with Gasteiger partial charge in [-0.3, -0.25) is 0 Å². The molecule has 1 aromatic heterocycles. The van der Waals surface area contributed by atoms with E-state index in [0.717, 1.165) is 21.4 Å². The average molecular weight is 423 g/mol. The lowest BCUT2D eigenvalue weighted by molar-refractivity contribution is 0.552. The molecule has 1 aromatic carbocycles. The summed E-state index contributed by atoms with van der Waals surface area (Å²) in [6.45, 7) is 2.18. The van der Waals surface area contributed by atoms with Crippen LogP contribution in [0.15, 0.2) is 36.4 Å². The van der Waals surface area contributed by atoms with Gasteiger partial charge in [-0.15, -0.1) is 11.3 Å². The molecule has 0 atom stereocenters. The molecule has 0 aliphatic rings. The minimum Gasteiger partial charge on any atom is -0.128 e. The van der Waals surface area contributed by atoms with E-state index >= 15 is 0 Å². The Hall–Kier alpha value is 0.170. The van der Waals surface area contributed by atoms with Crippen LogP contribution in [0.25, 0.3) is 0 Å². The zero-order chi connectivity index (χ0) is 13.9. The zero-order valence-corrected chi connectivity index (χ0v) is 15.4. The topological polar surface area (TPSA) is 0 Å². The largest absolute Gasteiger partial charge is 0.128 e. The van der Waals surface area contributed by atoms with Gasteiger partial charge in [0.15, 0.2) is 0 Å². The molecule has 0 nitrogen and oxygen atoms in total. The first-order valence-electron chi connectivity index (χ1n) is 6.03. The molecule has 0 bridgehead atoms. The van der Waals surface area contributed by atoms with Gasteiger partial charge in [0.1, 0.15) is 0 Å². The van der Waals surface area contributed by atoms with Crippen LogP contribution >= 0.6 is 54.8 Å². The Morgan fingerprint density at radius 3 is 2.32 bits per heavy atom. The van der Waals surface area contributed by atoms with Gasteiger partial charge < -0.3 is 0 Å². The van der Waals surface area contributed by atoms with Gasteiger partial charge in [-0.25, -0.2) is 0 Å². The zero-order valence-electron chi connectivity index (χ0n) is 10.6. The van der Waals surface area contributed by atoms with Crippen molar-refractivity contribution in [3.63, 3.8) is 0 Å². The van der Waals surface area contributed by atoms with Crippen LogP contribution in [0.4, 0.5) is 0 Å². The number of thiophene rings is 1. The molecule has 0 saturated heterocycles. The Morgan fingerprint density at radius 1 is 1.11 bits per heavy atom. The molecule has 0 N–H and O–H groups in total. The Kier molecular flexibility index (Phi) is 5.53. The van der Waals surface area contributed by atoms with Crippen LogP contribution in [-0.2, 0) is 11.8 Å². The highest BCUT2D eigenvalue weighted by Crippen LogP contribution is 2.37. The van der Waals surface area contributed by atoms with Crippen molar-refractivity contribution >= 4 is 54.8 Å². The van der Waals surface area contributed by atoms with E-state index in [4.69, 9.17) is 11.6 Å². The summed E-state index contributed by atoms with van der Waals surface area (Å²) in [5, 5.41) is 1.84. The van der Waals surface area contributed by atoms with Gasteiger partial charge in [-0.05, 0) is 36.6 Å². The summed E-state index contributed by atoms with van der Waals surface area (Å²) < 4.78 is 0.859. The quantitative estimate of drug-likeness (QED) is 0.520. The second-order valence-electron chi connectivity index (χ2n) is 4.75. The molecule has 0 unspecified atom stereocenters. The van der Waals surface area contributed by atoms with E-state index in [0.29, 0.717) is 0 Å². The molecule has 2 rings (SSSR count). The van der Waals surface area contributed by atoms with E-state index < -0.39 is 0 Å². The molecule has 0 saturated carbocycles. The van der Waals surface area contributed by atoms with Crippen molar-refractivity contribution in [3.05, 3.63) is 56.7 Å². The third-order valence-electron chi connectivity index (χ3n) is 3.37. The molecule has 102 valence electrons. The summed E-state index contributed by atoms with van der Waals surface area (Å²) in [7, 11) is 0. The van der Waals surface area contributed by atoms with Crippen LogP contribution in [0.5, 0.6) is 0 Å². The highest BCUT2D eigenvalue weighted by Gasteiger charge is 2.32. The van der Waals surface area contributed by atoms with Gasteiger partial charge in [0.2, 0.25) is 0 Å². The standard InChI is InChI=1S/C15H15Br2ClS/c1-11-4-2-3-5-13(11)15(9-16,10-17)8-12-6-7-14(18)19-12/h2-7H,8-10H2,1H3. The lowest BCUT2D eigenvalue weighted by Crippen LogP contribution is -2.33. The van der Waals surface area contributed by atoms with Gasteiger partial charge >= 0.3 is 0 Å². The molecule has 0 spiro atoms. The molecule has 2 aromatic rings.